The molecular weight excluding hydrogens is 135 g/mol. The molecule has 0 saturated carbocycles. The van der Waals surface area contributed by atoms with Gasteiger partial charge in [-0.2, -0.15) is 0 Å². The van der Waals surface area contributed by atoms with Crippen LogP contribution in [0.25, 0.3) is 0 Å². The van der Waals surface area contributed by atoms with Crippen LogP contribution >= 0.6 is 23.2 Å². The van der Waals surface area contributed by atoms with Gasteiger partial charge in [0.15, 0.2) is 0 Å². The molecule has 0 spiro atoms. The second-order valence-corrected chi connectivity index (χ2v) is 2.20. The first-order valence-corrected chi connectivity index (χ1v) is 2.59. The fourth-order valence-electron chi connectivity index (χ4n) is 0.182. The molecule has 0 aromatic heterocycles. The summed E-state index contributed by atoms with van der Waals surface area (Å²) in [6.07, 6.45) is 0.785. The average Bonchev–Trinajstić information content (AvgIpc) is 1.27. The van der Waals surface area contributed by atoms with E-state index in [-0.39, 0.29) is 4.49 Å². The Morgan fingerprint density at radius 1 is 1.71 bits per heavy atom. The second kappa shape index (κ2) is 3.30. The smallest absolute Gasteiger partial charge is 0.105 e. The summed E-state index contributed by atoms with van der Waals surface area (Å²) in [5.41, 5.74) is 0. The first-order valence-electron chi connectivity index (χ1n) is 1.84. The summed E-state index contributed by atoms with van der Waals surface area (Å²) >= 11 is 10.3. The van der Waals surface area contributed by atoms with Crippen LogP contribution in [0.1, 0.15) is 6.92 Å². The van der Waals surface area contributed by atoms with Crippen molar-refractivity contribution >= 4 is 23.2 Å². The Labute approximate surface area is 52.5 Å². The molecule has 0 amide bonds. The van der Waals surface area contributed by atoms with Crippen molar-refractivity contribution in [2.45, 2.75) is 13.0 Å². The molecule has 42 valence electrons. The highest BCUT2D eigenvalue weighted by atomic mass is 35.5. The van der Waals surface area contributed by atoms with E-state index in [9.17, 15) is 0 Å². The van der Waals surface area contributed by atoms with Gasteiger partial charge in [-0.25, -0.2) is 0 Å². The maximum atomic E-state index is 8.48. The van der Waals surface area contributed by atoms with Crippen molar-refractivity contribution in [1.29, 1.82) is 0 Å². The summed E-state index contributed by atoms with van der Waals surface area (Å²) in [6, 6.07) is 0. The van der Waals surface area contributed by atoms with Gasteiger partial charge in [-0.05, 0) is 13.0 Å². The lowest BCUT2D eigenvalue weighted by atomic mass is 10.4. The summed E-state index contributed by atoms with van der Waals surface area (Å²) in [5.74, 6) is 0. The number of hydrogen-bond donors (Lipinski definition) is 1. The molecule has 0 aliphatic carbocycles. The molecular formula is C4H6Cl2O. The van der Waals surface area contributed by atoms with Crippen LogP contribution in [0.2, 0.25) is 0 Å². The van der Waals surface area contributed by atoms with Gasteiger partial charge >= 0.3 is 0 Å². The lowest BCUT2D eigenvalue weighted by Crippen LogP contribution is -1.91. The first-order chi connectivity index (χ1) is 3.13. The molecule has 0 radical (unpaired) electrons. The number of halogens is 2. The molecule has 0 heterocycles. The Kier molecular flexibility index (Phi) is 3.44. The maximum Gasteiger partial charge on any atom is 0.105 e. The SMILES string of the molecule is CC(O)C=C(Cl)Cl. The van der Waals surface area contributed by atoms with Gasteiger partial charge in [0.05, 0.1) is 6.10 Å². The molecule has 0 bridgehead atoms. The predicted octanol–water partition coefficient (Wildman–Crippen LogP) is 1.69. The minimum absolute atomic E-state index is 0.106. The third-order valence-electron chi connectivity index (χ3n) is 0.367. The van der Waals surface area contributed by atoms with Crippen molar-refractivity contribution in [3.05, 3.63) is 10.6 Å². The van der Waals surface area contributed by atoms with Crippen molar-refractivity contribution < 1.29 is 5.11 Å². The molecule has 0 aromatic carbocycles. The zero-order chi connectivity index (χ0) is 5.86. The zero-order valence-electron chi connectivity index (χ0n) is 3.86. The third kappa shape index (κ3) is 6.28. The highest BCUT2D eigenvalue weighted by molar-refractivity contribution is 6.55. The van der Waals surface area contributed by atoms with Gasteiger partial charge in [-0.3, -0.25) is 0 Å². The van der Waals surface area contributed by atoms with Gasteiger partial charge in [-0.15, -0.1) is 0 Å². The standard InChI is InChI=1S/C4H6Cl2O/c1-3(7)2-4(5)6/h2-3,7H,1H3. The molecule has 1 nitrogen and oxygen atoms in total. The number of aliphatic hydroxyl groups excluding tert-OH is 1. The normalized spacial score (nSPS) is 13.1. The fraction of sp³-hybridized carbons (Fsp3) is 0.500. The van der Waals surface area contributed by atoms with Crippen LogP contribution in [0.3, 0.4) is 0 Å². The van der Waals surface area contributed by atoms with Crippen LogP contribution in [0.5, 0.6) is 0 Å². The Morgan fingerprint density at radius 3 is 2.14 bits per heavy atom. The molecule has 0 saturated heterocycles. The quantitative estimate of drug-likeness (QED) is 0.588. The maximum absolute atomic E-state index is 8.48. The molecule has 0 fully saturated rings. The van der Waals surface area contributed by atoms with E-state index in [0.29, 0.717) is 0 Å². The zero-order valence-corrected chi connectivity index (χ0v) is 5.37. The monoisotopic (exact) mass is 140 g/mol. The molecule has 0 rings (SSSR count). The first kappa shape index (κ1) is 7.28. The average molecular weight is 141 g/mol. The highest BCUT2D eigenvalue weighted by Gasteiger charge is 1.87. The second-order valence-electron chi connectivity index (χ2n) is 1.20. The summed E-state index contributed by atoms with van der Waals surface area (Å²) in [7, 11) is 0. The van der Waals surface area contributed by atoms with Crippen LogP contribution in [-0.2, 0) is 0 Å². The van der Waals surface area contributed by atoms with Gasteiger partial charge < -0.3 is 5.11 Å². The van der Waals surface area contributed by atoms with Crippen molar-refractivity contribution in [3.8, 4) is 0 Å². The topological polar surface area (TPSA) is 20.2 Å². The summed E-state index contributed by atoms with van der Waals surface area (Å²) < 4.78 is 0.106. The number of aliphatic hydroxyl groups is 1. The minimum atomic E-state index is -0.551. The van der Waals surface area contributed by atoms with E-state index in [1.54, 1.807) is 6.92 Å². The minimum Gasteiger partial charge on any atom is -0.389 e. The van der Waals surface area contributed by atoms with Crippen LogP contribution < -0.4 is 0 Å². The third-order valence-corrected chi connectivity index (χ3v) is 0.619. The molecule has 0 aromatic rings. The largest absolute Gasteiger partial charge is 0.389 e. The van der Waals surface area contributed by atoms with E-state index < -0.39 is 6.10 Å². The Bertz CT molecular complexity index is 73.8. The summed E-state index contributed by atoms with van der Waals surface area (Å²) in [5, 5.41) is 8.48. The number of hydrogen-bond acceptors (Lipinski definition) is 1. The van der Waals surface area contributed by atoms with Gasteiger partial charge in [0.1, 0.15) is 4.49 Å². The molecule has 1 N–H and O–H groups in total. The Balaban J connectivity index is 3.45. The lowest BCUT2D eigenvalue weighted by Gasteiger charge is -1.89. The molecule has 0 aliphatic rings. The fourth-order valence-corrected chi connectivity index (χ4v) is 0.547. The van der Waals surface area contributed by atoms with E-state index in [0.717, 1.165) is 0 Å². The van der Waals surface area contributed by atoms with Crippen molar-refractivity contribution in [3.63, 3.8) is 0 Å². The van der Waals surface area contributed by atoms with Crippen molar-refractivity contribution in [2.24, 2.45) is 0 Å². The van der Waals surface area contributed by atoms with Gasteiger partial charge in [0, 0.05) is 0 Å². The molecule has 3 heteroatoms. The number of rotatable bonds is 1. The van der Waals surface area contributed by atoms with Gasteiger partial charge in [0.25, 0.3) is 0 Å². The molecule has 1 atom stereocenters. The van der Waals surface area contributed by atoms with Crippen LogP contribution in [0, 0.1) is 0 Å². The van der Waals surface area contributed by atoms with E-state index in [1.165, 1.54) is 6.08 Å². The van der Waals surface area contributed by atoms with Crippen LogP contribution in [-0.4, -0.2) is 11.2 Å². The van der Waals surface area contributed by atoms with Crippen molar-refractivity contribution in [1.82, 2.24) is 0 Å². The highest BCUT2D eigenvalue weighted by Crippen LogP contribution is 2.06. The van der Waals surface area contributed by atoms with Crippen molar-refractivity contribution in [2.75, 3.05) is 0 Å². The lowest BCUT2D eigenvalue weighted by molar-refractivity contribution is 0.244. The van der Waals surface area contributed by atoms with E-state index in [1.807, 2.05) is 0 Å². The Hall–Kier alpha value is 0.280. The van der Waals surface area contributed by atoms with E-state index >= 15 is 0 Å². The van der Waals surface area contributed by atoms with E-state index in [2.05, 4.69) is 0 Å². The molecule has 7 heavy (non-hydrogen) atoms. The Morgan fingerprint density at radius 2 is 2.14 bits per heavy atom. The molecule has 0 aliphatic heterocycles. The molecule has 1 unspecified atom stereocenters. The predicted molar refractivity (Wildman–Crippen MR) is 31.5 cm³/mol. The summed E-state index contributed by atoms with van der Waals surface area (Å²) in [4.78, 5) is 0. The van der Waals surface area contributed by atoms with Gasteiger partial charge in [0.2, 0.25) is 0 Å². The summed E-state index contributed by atoms with van der Waals surface area (Å²) in [6.45, 7) is 1.57. The van der Waals surface area contributed by atoms with Crippen LogP contribution in [0.4, 0.5) is 0 Å². The van der Waals surface area contributed by atoms with E-state index in [4.69, 9.17) is 28.3 Å². The van der Waals surface area contributed by atoms with Crippen LogP contribution in [0.15, 0.2) is 10.6 Å². The van der Waals surface area contributed by atoms with Gasteiger partial charge in [-0.1, -0.05) is 23.2 Å².